The normalized spacial score (nSPS) is 15.5. The number of hydrogen-bond acceptors (Lipinski definition) is 7. The van der Waals surface area contributed by atoms with Gasteiger partial charge in [-0.15, -0.1) is 0 Å². The third-order valence-corrected chi connectivity index (χ3v) is 6.20. The highest BCUT2D eigenvalue weighted by atomic mass is 19.3. The van der Waals surface area contributed by atoms with Crippen LogP contribution < -0.4 is 20.7 Å². The Labute approximate surface area is 212 Å². The first-order chi connectivity index (χ1) is 18.0. The van der Waals surface area contributed by atoms with Crippen molar-refractivity contribution in [3.63, 3.8) is 0 Å². The van der Waals surface area contributed by atoms with E-state index in [2.05, 4.69) is 25.9 Å². The number of anilines is 2. The van der Waals surface area contributed by atoms with Gasteiger partial charge in [0.1, 0.15) is 5.75 Å². The van der Waals surface area contributed by atoms with Gasteiger partial charge in [-0.25, -0.2) is 15.0 Å². The fraction of sp³-hybridized carbons (Fsp3) is 0.259. The van der Waals surface area contributed by atoms with Crippen LogP contribution in [-0.2, 0) is 4.79 Å². The number of aryl methyl sites for hydroxylation is 1. The van der Waals surface area contributed by atoms with Crippen molar-refractivity contribution in [2.75, 3.05) is 23.7 Å². The summed E-state index contributed by atoms with van der Waals surface area (Å²) in [5.41, 5.74) is 2.41. The summed E-state index contributed by atoms with van der Waals surface area (Å²) in [6.45, 7) is 3.75. The summed E-state index contributed by atoms with van der Waals surface area (Å²) in [5, 5.41) is 10.3. The lowest BCUT2D eigenvalue weighted by Gasteiger charge is -2.23. The molecule has 2 aromatic heterocycles. The molecule has 1 saturated heterocycles. The average molecular weight is 505 g/mol. The quantitative estimate of drug-likeness (QED) is 0.320. The third-order valence-electron chi connectivity index (χ3n) is 6.20. The molecule has 1 amide bonds. The number of ether oxygens (including phenoxy) is 1. The number of halogens is 2. The van der Waals surface area contributed by atoms with Gasteiger partial charge in [-0.05, 0) is 56.1 Å². The van der Waals surface area contributed by atoms with Gasteiger partial charge in [0.05, 0.1) is 11.3 Å². The SMILES string of the molecule is Cc1ccc2c(NC(=O)C(F)F)cccc2c1Oc1ncccc1-c1ccnc(NC2CCCNC2)n1. The monoisotopic (exact) mass is 504 g/mol. The number of aromatic nitrogens is 3. The zero-order chi connectivity index (χ0) is 25.8. The van der Waals surface area contributed by atoms with Crippen molar-refractivity contribution in [2.24, 2.45) is 0 Å². The first kappa shape index (κ1) is 24.5. The molecule has 1 fully saturated rings. The van der Waals surface area contributed by atoms with E-state index in [9.17, 15) is 13.6 Å². The zero-order valence-corrected chi connectivity index (χ0v) is 20.2. The summed E-state index contributed by atoms with van der Waals surface area (Å²) >= 11 is 0. The molecule has 37 heavy (non-hydrogen) atoms. The van der Waals surface area contributed by atoms with Crippen LogP contribution in [0.25, 0.3) is 22.0 Å². The summed E-state index contributed by atoms with van der Waals surface area (Å²) in [7, 11) is 0. The van der Waals surface area contributed by atoms with Gasteiger partial charge in [0.25, 0.3) is 5.91 Å². The Morgan fingerprint density at radius 3 is 2.78 bits per heavy atom. The lowest BCUT2D eigenvalue weighted by atomic mass is 10.0. The second kappa shape index (κ2) is 10.8. The van der Waals surface area contributed by atoms with Gasteiger partial charge in [-0.2, -0.15) is 8.78 Å². The third kappa shape index (κ3) is 5.49. The number of carbonyl (C=O) groups excluding carboxylic acids is 1. The fourth-order valence-electron chi connectivity index (χ4n) is 4.37. The second-order valence-electron chi connectivity index (χ2n) is 8.81. The lowest BCUT2D eigenvalue weighted by molar-refractivity contribution is -0.126. The van der Waals surface area contributed by atoms with Crippen molar-refractivity contribution < 1.29 is 18.3 Å². The molecule has 3 N–H and O–H groups in total. The highest BCUT2D eigenvalue weighted by molar-refractivity contribution is 6.05. The summed E-state index contributed by atoms with van der Waals surface area (Å²) in [6, 6.07) is 14.4. The van der Waals surface area contributed by atoms with Crippen molar-refractivity contribution in [2.45, 2.75) is 32.2 Å². The number of benzene rings is 2. The number of piperidine rings is 1. The minimum atomic E-state index is -3.12. The molecule has 4 aromatic rings. The number of nitrogens with zero attached hydrogens (tertiary/aromatic N) is 3. The van der Waals surface area contributed by atoms with E-state index in [1.54, 1.807) is 42.7 Å². The molecule has 0 saturated carbocycles. The lowest BCUT2D eigenvalue weighted by Crippen LogP contribution is -2.38. The molecule has 1 aliphatic heterocycles. The predicted octanol–water partition coefficient (Wildman–Crippen LogP) is 5.16. The molecule has 5 rings (SSSR count). The molecule has 0 bridgehead atoms. The van der Waals surface area contributed by atoms with E-state index in [1.807, 2.05) is 25.1 Å². The van der Waals surface area contributed by atoms with Crippen LogP contribution in [0, 0.1) is 6.92 Å². The van der Waals surface area contributed by atoms with E-state index in [0.29, 0.717) is 39.6 Å². The molecule has 1 atom stereocenters. The number of alkyl halides is 2. The largest absolute Gasteiger partial charge is 0.437 e. The van der Waals surface area contributed by atoms with E-state index in [4.69, 9.17) is 9.72 Å². The van der Waals surface area contributed by atoms with Crippen LogP contribution in [0.15, 0.2) is 60.9 Å². The predicted molar refractivity (Wildman–Crippen MR) is 138 cm³/mol. The number of rotatable bonds is 7. The number of hydrogen-bond donors (Lipinski definition) is 3. The molecule has 190 valence electrons. The second-order valence-corrected chi connectivity index (χ2v) is 8.81. The molecule has 2 aromatic carbocycles. The van der Waals surface area contributed by atoms with Crippen molar-refractivity contribution in [1.29, 1.82) is 0 Å². The Balaban J connectivity index is 1.48. The minimum Gasteiger partial charge on any atom is -0.437 e. The molecule has 0 radical (unpaired) electrons. The zero-order valence-electron chi connectivity index (χ0n) is 20.2. The van der Waals surface area contributed by atoms with Gasteiger partial charge < -0.3 is 20.7 Å². The highest BCUT2D eigenvalue weighted by Gasteiger charge is 2.19. The molecule has 3 heterocycles. The Morgan fingerprint density at radius 2 is 1.97 bits per heavy atom. The molecule has 1 aliphatic rings. The average Bonchev–Trinajstić information content (AvgIpc) is 2.91. The van der Waals surface area contributed by atoms with E-state index < -0.39 is 12.3 Å². The van der Waals surface area contributed by atoms with Crippen LogP contribution in [0.4, 0.5) is 20.4 Å². The molecule has 0 spiro atoms. The van der Waals surface area contributed by atoms with Crippen LogP contribution in [-0.4, -0.2) is 46.4 Å². The van der Waals surface area contributed by atoms with Gasteiger partial charge >= 0.3 is 6.43 Å². The van der Waals surface area contributed by atoms with E-state index in [-0.39, 0.29) is 11.7 Å². The number of amides is 1. The van der Waals surface area contributed by atoms with Crippen LogP contribution in [0.1, 0.15) is 18.4 Å². The van der Waals surface area contributed by atoms with Crippen LogP contribution in [0.5, 0.6) is 11.6 Å². The van der Waals surface area contributed by atoms with E-state index in [0.717, 1.165) is 31.5 Å². The van der Waals surface area contributed by atoms with Crippen molar-refractivity contribution in [3.05, 3.63) is 66.5 Å². The number of fused-ring (bicyclic) bond motifs is 1. The Kier molecular flexibility index (Phi) is 7.18. The van der Waals surface area contributed by atoms with Gasteiger partial charge in [-0.3, -0.25) is 4.79 Å². The van der Waals surface area contributed by atoms with Crippen LogP contribution in [0.3, 0.4) is 0 Å². The first-order valence-electron chi connectivity index (χ1n) is 12.0. The maximum Gasteiger partial charge on any atom is 0.315 e. The van der Waals surface area contributed by atoms with Gasteiger partial charge in [0.2, 0.25) is 11.8 Å². The van der Waals surface area contributed by atoms with Crippen LogP contribution >= 0.6 is 0 Å². The van der Waals surface area contributed by atoms with Crippen molar-refractivity contribution in [1.82, 2.24) is 20.3 Å². The minimum absolute atomic E-state index is 0.256. The molecule has 0 aliphatic carbocycles. The molecular formula is C27H26F2N6O2. The number of nitrogens with one attached hydrogen (secondary N) is 3. The Morgan fingerprint density at radius 1 is 1.08 bits per heavy atom. The summed E-state index contributed by atoms with van der Waals surface area (Å²) in [4.78, 5) is 25.2. The summed E-state index contributed by atoms with van der Waals surface area (Å²) < 4.78 is 32.0. The van der Waals surface area contributed by atoms with E-state index >= 15 is 0 Å². The Bertz CT molecular complexity index is 1430. The fourth-order valence-corrected chi connectivity index (χ4v) is 4.37. The van der Waals surface area contributed by atoms with E-state index in [1.165, 1.54) is 0 Å². The summed E-state index contributed by atoms with van der Waals surface area (Å²) in [5.74, 6) is 0.0110. The van der Waals surface area contributed by atoms with Crippen molar-refractivity contribution in [3.8, 4) is 22.9 Å². The maximum atomic E-state index is 12.8. The molecule has 1 unspecified atom stereocenters. The van der Waals surface area contributed by atoms with Crippen molar-refractivity contribution >= 4 is 28.3 Å². The number of carbonyl (C=O) groups is 1. The Hall–Kier alpha value is -4.18. The summed E-state index contributed by atoms with van der Waals surface area (Å²) in [6.07, 6.45) is 2.34. The number of pyridine rings is 1. The smallest absolute Gasteiger partial charge is 0.315 e. The molecule has 10 heteroatoms. The maximum absolute atomic E-state index is 12.8. The molecule has 8 nitrogen and oxygen atoms in total. The van der Waals surface area contributed by atoms with Gasteiger partial charge in [-0.1, -0.05) is 24.3 Å². The van der Waals surface area contributed by atoms with Crippen LogP contribution in [0.2, 0.25) is 0 Å². The first-order valence-corrected chi connectivity index (χ1v) is 12.0. The van der Waals surface area contributed by atoms with Gasteiger partial charge in [0.15, 0.2) is 0 Å². The molecular weight excluding hydrogens is 478 g/mol. The topological polar surface area (TPSA) is 101 Å². The standard InChI is InChI=1S/C27H26F2N6O2/c1-16-9-10-18-19(6-2-8-21(18)34-25(36)24(28)29)23(16)37-26-20(7-4-13-31-26)22-11-14-32-27(35-22)33-17-5-3-12-30-15-17/h2,4,6-11,13-14,17,24,30H,3,5,12,15H2,1H3,(H,34,36)(H,32,33,35). The van der Waals surface area contributed by atoms with Gasteiger partial charge in [0, 0.05) is 41.4 Å². The highest BCUT2D eigenvalue weighted by Crippen LogP contribution is 2.38.